The van der Waals surface area contributed by atoms with Crippen molar-refractivity contribution in [3.8, 4) is 0 Å². The fourth-order valence-electron chi connectivity index (χ4n) is 2.75. The molecule has 90 valence electrons. The lowest BCUT2D eigenvalue weighted by molar-refractivity contribution is 0.704. The normalized spacial score (nSPS) is 16.3. The van der Waals surface area contributed by atoms with Crippen molar-refractivity contribution in [2.45, 2.75) is 19.3 Å². The molecule has 0 unspecified atom stereocenters. The molecule has 0 spiro atoms. The largest absolute Gasteiger partial charge is 0.0619 e. The second-order valence-electron chi connectivity index (χ2n) is 5.28. The molecule has 18 heavy (non-hydrogen) atoms. The lowest BCUT2D eigenvalue weighted by Crippen LogP contribution is -2.16. The zero-order chi connectivity index (χ0) is 12.8. The lowest BCUT2D eigenvalue weighted by Gasteiger charge is -2.25. The molecule has 0 saturated heterocycles. The molecule has 0 N–H and O–H groups in total. The van der Waals surface area contributed by atoms with Crippen molar-refractivity contribution in [2.24, 2.45) is 0 Å². The molecule has 2 aromatic carbocycles. The van der Waals surface area contributed by atoms with Crippen molar-refractivity contribution < 1.29 is 0 Å². The van der Waals surface area contributed by atoms with E-state index in [4.69, 9.17) is 0 Å². The van der Waals surface area contributed by atoms with E-state index in [1.807, 2.05) is 0 Å². The maximum atomic E-state index is 3.49. The van der Waals surface area contributed by atoms with Crippen LogP contribution in [0.5, 0.6) is 0 Å². The molecule has 0 aliphatic heterocycles. The van der Waals surface area contributed by atoms with Crippen molar-refractivity contribution in [1.82, 2.24) is 0 Å². The van der Waals surface area contributed by atoms with Crippen LogP contribution in [0.3, 0.4) is 0 Å². The molecule has 1 aliphatic rings. The maximum absolute atomic E-state index is 3.49. The van der Waals surface area contributed by atoms with Crippen LogP contribution in [-0.4, -0.2) is 0 Å². The van der Waals surface area contributed by atoms with Crippen LogP contribution in [0.25, 0.3) is 11.6 Å². The van der Waals surface area contributed by atoms with Crippen LogP contribution in [0.4, 0.5) is 0 Å². The summed E-state index contributed by atoms with van der Waals surface area (Å²) in [6.07, 6.45) is 2.32. The van der Waals surface area contributed by atoms with Crippen LogP contribution in [0.1, 0.15) is 30.5 Å². The number of halogens is 1. The lowest BCUT2D eigenvalue weighted by atomic mass is 9.78. The third kappa shape index (κ3) is 1.74. The number of hydrogen-bond donors (Lipinski definition) is 0. The van der Waals surface area contributed by atoms with E-state index in [1.54, 1.807) is 0 Å². The summed E-state index contributed by atoms with van der Waals surface area (Å²) in [5, 5.41) is 0. The smallest absolute Gasteiger partial charge is 0.0175 e. The maximum Gasteiger partial charge on any atom is 0.0175 e. The van der Waals surface area contributed by atoms with Crippen molar-refractivity contribution in [1.29, 1.82) is 0 Å². The van der Waals surface area contributed by atoms with Crippen LogP contribution >= 0.6 is 15.9 Å². The summed E-state index contributed by atoms with van der Waals surface area (Å²) in [7, 11) is 0. The zero-order valence-corrected chi connectivity index (χ0v) is 12.2. The molecule has 0 atom stereocenters. The van der Waals surface area contributed by atoms with Gasteiger partial charge in [-0.25, -0.2) is 0 Å². The topological polar surface area (TPSA) is 0 Å². The van der Waals surface area contributed by atoms with Crippen molar-refractivity contribution in [3.05, 3.63) is 69.7 Å². The highest BCUT2D eigenvalue weighted by atomic mass is 79.9. The van der Waals surface area contributed by atoms with Gasteiger partial charge in [-0.15, -0.1) is 0 Å². The number of rotatable bonds is 1. The number of allylic oxidation sites excluding steroid dienone is 1. The molecule has 0 aromatic heterocycles. The fraction of sp³-hybridized carbons (Fsp3) is 0.176. The van der Waals surface area contributed by atoms with Gasteiger partial charge in [-0.05, 0) is 40.5 Å². The van der Waals surface area contributed by atoms with Crippen LogP contribution in [0.15, 0.2) is 53.0 Å². The van der Waals surface area contributed by atoms with Gasteiger partial charge in [-0.3, -0.25) is 0 Å². The Kier molecular flexibility index (Phi) is 2.67. The highest BCUT2D eigenvalue weighted by Crippen LogP contribution is 2.46. The summed E-state index contributed by atoms with van der Waals surface area (Å²) in [6, 6.07) is 17.2. The van der Waals surface area contributed by atoms with Gasteiger partial charge in [0, 0.05) is 9.89 Å². The van der Waals surface area contributed by atoms with Gasteiger partial charge in [0.05, 0.1) is 0 Å². The standard InChI is InChI=1S/C17H15Br/c1-17(2)15-6-4-3-5-13(15)11-16(17)12-7-9-14(18)10-8-12/h3-11H,1-2H3. The van der Waals surface area contributed by atoms with E-state index in [9.17, 15) is 0 Å². The van der Waals surface area contributed by atoms with Gasteiger partial charge >= 0.3 is 0 Å². The quantitative estimate of drug-likeness (QED) is 0.672. The van der Waals surface area contributed by atoms with E-state index in [1.165, 1.54) is 22.3 Å². The highest BCUT2D eigenvalue weighted by Gasteiger charge is 2.32. The molecule has 0 radical (unpaired) electrons. The van der Waals surface area contributed by atoms with Crippen LogP contribution in [0.2, 0.25) is 0 Å². The Labute approximate surface area is 116 Å². The third-order valence-electron chi connectivity index (χ3n) is 3.76. The summed E-state index contributed by atoms with van der Waals surface area (Å²) in [5.41, 5.74) is 5.56. The van der Waals surface area contributed by atoms with Gasteiger partial charge in [-0.2, -0.15) is 0 Å². The third-order valence-corrected chi connectivity index (χ3v) is 4.29. The molecule has 0 fully saturated rings. The first-order valence-electron chi connectivity index (χ1n) is 6.17. The summed E-state index contributed by atoms with van der Waals surface area (Å²) in [5.74, 6) is 0. The zero-order valence-electron chi connectivity index (χ0n) is 10.6. The fourth-order valence-corrected chi connectivity index (χ4v) is 3.01. The molecule has 2 aromatic rings. The summed E-state index contributed by atoms with van der Waals surface area (Å²) in [4.78, 5) is 0. The Morgan fingerprint density at radius 1 is 0.889 bits per heavy atom. The molecule has 0 saturated carbocycles. The molecule has 1 aliphatic carbocycles. The van der Waals surface area contributed by atoms with Gasteiger partial charge in [0.15, 0.2) is 0 Å². The Morgan fingerprint density at radius 2 is 1.56 bits per heavy atom. The monoisotopic (exact) mass is 298 g/mol. The predicted molar refractivity (Wildman–Crippen MR) is 81.5 cm³/mol. The van der Waals surface area contributed by atoms with Gasteiger partial charge in [0.25, 0.3) is 0 Å². The van der Waals surface area contributed by atoms with Crippen LogP contribution < -0.4 is 0 Å². The minimum absolute atomic E-state index is 0.0877. The molecule has 3 rings (SSSR count). The van der Waals surface area contributed by atoms with Crippen LogP contribution in [0, 0.1) is 0 Å². The molecule has 1 heteroatoms. The van der Waals surface area contributed by atoms with E-state index >= 15 is 0 Å². The molecule has 0 bridgehead atoms. The summed E-state index contributed by atoms with van der Waals surface area (Å²) in [6.45, 7) is 4.60. The average molecular weight is 299 g/mol. The van der Waals surface area contributed by atoms with E-state index < -0.39 is 0 Å². The average Bonchev–Trinajstić information content (AvgIpc) is 2.63. The Bertz CT molecular complexity index is 618. The van der Waals surface area contributed by atoms with E-state index in [0.29, 0.717) is 0 Å². The van der Waals surface area contributed by atoms with E-state index in [2.05, 4.69) is 84.4 Å². The van der Waals surface area contributed by atoms with Gasteiger partial charge < -0.3 is 0 Å². The molecular formula is C17H15Br. The van der Waals surface area contributed by atoms with Crippen LogP contribution in [-0.2, 0) is 5.41 Å². The van der Waals surface area contributed by atoms with Gasteiger partial charge in [0.2, 0.25) is 0 Å². The number of fused-ring (bicyclic) bond motifs is 1. The molecule has 0 nitrogen and oxygen atoms in total. The van der Waals surface area contributed by atoms with Crippen molar-refractivity contribution in [2.75, 3.05) is 0 Å². The number of benzene rings is 2. The summed E-state index contributed by atoms with van der Waals surface area (Å²) >= 11 is 3.49. The van der Waals surface area contributed by atoms with Crippen molar-refractivity contribution >= 4 is 27.6 Å². The SMILES string of the molecule is CC1(C)C(c2ccc(Br)cc2)=Cc2ccccc21. The first kappa shape index (κ1) is 11.7. The Balaban J connectivity index is 2.13. The van der Waals surface area contributed by atoms with Gasteiger partial charge in [0.1, 0.15) is 0 Å². The van der Waals surface area contributed by atoms with E-state index in [0.717, 1.165) is 4.47 Å². The molecule has 0 amide bonds. The molecule has 0 heterocycles. The second kappa shape index (κ2) is 4.10. The Morgan fingerprint density at radius 3 is 2.22 bits per heavy atom. The Hall–Kier alpha value is -1.34. The highest BCUT2D eigenvalue weighted by molar-refractivity contribution is 9.10. The minimum Gasteiger partial charge on any atom is -0.0619 e. The minimum atomic E-state index is 0.0877. The molecular weight excluding hydrogens is 284 g/mol. The van der Waals surface area contributed by atoms with E-state index in [-0.39, 0.29) is 5.41 Å². The first-order valence-corrected chi connectivity index (χ1v) is 6.96. The number of hydrogen-bond acceptors (Lipinski definition) is 0. The predicted octanol–water partition coefficient (Wildman–Crippen LogP) is 5.28. The summed E-state index contributed by atoms with van der Waals surface area (Å²) < 4.78 is 1.13. The van der Waals surface area contributed by atoms with Gasteiger partial charge in [-0.1, -0.05) is 66.2 Å². The second-order valence-corrected chi connectivity index (χ2v) is 6.19. The first-order chi connectivity index (χ1) is 8.59. The van der Waals surface area contributed by atoms with Crippen molar-refractivity contribution in [3.63, 3.8) is 0 Å².